The molecule has 2 fully saturated rings. The number of hydrogen-bond acceptors (Lipinski definition) is 32. The predicted molar refractivity (Wildman–Crippen MR) is 340 cm³/mol. The van der Waals surface area contributed by atoms with Crippen LogP contribution in [0.15, 0.2) is 34.9 Å². The molecule has 2 aliphatic rings. The molecule has 8 atom stereocenters. The molecule has 88 heavy (non-hydrogen) atoms. The van der Waals surface area contributed by atoms with Gasteiger partial charge in [0.05, 0.1) is 6.61 Å². The second-order valence-electron chi connectivity index (χ2n) is 25.4. The molecular weight excluding hydrogens is 1260 g/mol. The van der Waals surface area contributed by atoms with Crippen LogP contribution in [-0.2, 0) is 47.6 Å². The van der Waals surface area contributed by atoms with Crippen molar-refractivity contribution in [3.05, 3.63) is 46.3 Å². The SMILES string of the molecule is CC(=O)OC[C@H]1O[C@H](OC(C)=O)C(OC(C)=O)[C@H]1OC(C)=O.C[Si](C)(C)N[Si](C)(C)C.C[Si](C)(C)Nc1ncnc(O[Si](C)(C)C)n1.C[Si](C)(C)Nc1ncnc(O[Si](C)(C)C)n1.Nc1ncn([C@@H]2O[C@H](CO)[C@H](O)C2O)c(=O)n1.Nc1ncnc(=O)[nH]1. The summed E-state index contributed by atoms with van der Waals surface area (Å²) in [6, 6.07) is 0.852. The zero-order valence-electron chi connectivity index (χ0n) is 54.5. The average Bonchev–Trinajstić information content (AvgIpc) is 3.14. The lowest BCUT2D eigenvalue weighted by Gasteiger charge is -2.28. The van der Waals surface area contributed by atoms with Crippen LogP contribution in [0.5, 0.6) is 12.0 Å². The average molecular weight is 1350 g/mol. The van der Waals surface area contributed by atoms with Crippen LogP contribution < -0.4 is 46.3 Å². The van der Waals surface area contributed by atoms with E-state index in [-0.39, 0.29) is 18.5 Å². The number of nitrogens with one attached hydrogen (secondary N) is 4. The third kappa shape index (κ3) is 35.4. The first-order valence-corrected chi connectivity index (χ1v) is 48.3. The molecule has 11 N–H and O–H groups in total. The maximum atomic E-state index is 11.5. The first-order valence-electron chi connectivity index (χ1n) is 27.5. The Labute approximate surface area is 518 Å². The lowest BCUT2D eigenvalue weighted by Crippen LogP contribution is -2.55. The summed E-state index contributed by atoms with van der Waals surface area (Å²) >= 11 is 0. The van der Waals surface area contributed by atoms with E-state index < -0.39 is 141 Å². The summed E-state index contributed by atoms with van der Waals surface area (Å²) in [4.78, 5) is 113. The number of carbonyl (C=O) groups excluding carboxylic acids is 4. The molecule has 0 saturated carbocycles. The number of aromatic amines is 1. The van der Waals surface area contributed by atoms with E-state index in [2.05, 4.69) is 187 Å². The number of esters is 4. The van der Waals surface area contributed by atoms with Gasteiger partial charge in [0.25, 0.3) is 0 Å². The number of aromatic nitrogens is 12. The quantitative estimate of drug-likeness (QED) is 0.0415. The Hall–Kier alpha value is -6.62. The van der Waals surface area contributed by atoms with E-state index >= 15 is 0 Å². The molecular formula is C48H93N17O17Si6. The second-order valence-corrected chi connectivity index (χ2v) is 53.8. The Morgan fingerprint density at radius 2 is 1.03 bits per heavy atom. The van der Waals surface area contributed by atoms with Gasteiger partial charge in [0.2, 0.25) is 52.8 Å². The molecule has 2 unspecified atom stereocenters. The minimum absolute atomic E-state index is 0.0880. The lowest BCUT2D eigenvalue weighted by atomic mass is 10.1. The Kier molecular flexibility index (Phi) is 31.5. The van der Waals surface area contributed by atoms with Gasteiger partial charge in [-0.15, -0.1) is 0 Å². The highest BCUT2D eigenvalue weighted by molar-refractivity contribution is 6.90. The van der Waals surface area contributed by atoms with Crippen molar-refractivity contribution in [2.45, 2.75) is 195 Å². The third-order valence-electron chi connectivity index (χ3n) is 9.37. The fraction of sp³-hybridized carbons (Fsp3) is 0.667. The van der Waals surface area contributed by atoms with E-state index in [0.29, 0.717) is 23.9 Å². The van der Waals surface area contributed by atoms with Gasteiger partial charge in [0.15, 0.2) is 12.3 Å². The number of nitrogen functional groups attached to an aromatic ring is 2. The van der Waals surface area contributed by atoms with Gasteiger partial charge in [-0.1, -0.05) is 78.6 Å². The van der Waals surface area contributed by atoms with E-state index in [4.69, 9.17) is 53.8 Å². The van der Waals surface area contributed by atoms with E-state index in [0.717, 1.165) is 38.0 Å². The summed E-state index contributed by atoms with van der Waals surface area (Å²) < 4.78 is 46.4. The fourth-order valence-corrected chi connectivity index (χ4v) is 18.9. The van der Waals surface area contributed by atoms with Crippen molar-refractivity contribution in [2.24, 2.45) is 0 Å². The molecule has 6 heterocycles. The normalized spacial score (nSPS) is 19.8. The molecule has 0 bridgehead atoms. The Balaban J connectivity index is 0.000000542. The molecule has 496 valence electrons. The van der Waals surface area contributed by atoms with E-state index in [9.17, 15) is 39.0 Å². The summed E-state index contributed by atoms with van der Waals surface area (Å²) in [5, 5.41) is 28.1. The lowest BCUT2D eigenvalue weighted by molar-refractivity contribution is -0.197. The van der Waals surface area contributed by atoms with Crippen LogP contribution in [0.4, 0.5) is 23.8 Å². The van der Waals surface area contributed by atoms with Gasteiger partial charge in [-0.2, -0.15) is 29.9 Å². The second kappa shape index (κ2) is 35.0. The molecule has 0 aliphatic carbocycles. The molecule has 6 rings (SSSR count). The first kappa shape index (κ1) is 79.4. The summed E-state index contributed by atoms with van der Waals surface area (Å²) in [5.74, 6) is -1.44. The van der Waals surface area contributed by atoms with Crippen molar-refractivity contribution in [1.82, 2.24) is 64.0 Å². The molecule has 2 saturated heterocycles. The van der Waals surface area contributed by atoms with Gasteiger partial charge < -0.3 is 78.7 Å². The van der Waals surface area contributed by atoms with Gasteiger partial charge in [0, 0.05) is 27.7 Å². The fourth-order valence-electron chi connectivity index (χ4n) is 7.02. The first-order chi connectivity index (χ1) is 40.1. The van der Waals surface area contributed by atoms with E-state index in [1.807, 2.05) is 0 Å². The maximum absolute atomic E-state index is 11.5. The van der Waals surface area contributed by atoms with Gasteiger partial charge in [-0.05, 0) is 39.3 Å². The van der Waals surface area contributed by atoms with Crippen LogP contribution in [0.25, 0.3) is 0 Å². The highest BCUT2D eigenvalue weighted by atomic mass is 28.4. The maximum Gasteiger partial charge on any atom is 0.354 e. The largest absolute Gasteiger partial charge is 0.518 e. The van der Waals surface area contributed by atoms with Crippen molar-refractivity contribution in [2.75, 3.05) is 34.6 Å². The number of ether oxygens (including phenoxy) is 6. The van der Waals surface area contributed by atoms with Crippen LogP contribution in [0.3, 0.4) is 0 Å². The highest BCUT2D eigenvalue weighted by Crippen LogP contribution is 2.29. The summed E-state index contributed by atoms with van der Waals surface area (Å²) in [5.41, 5.74) is 9.03. The van der Waals surface area contributed by atoms with E-state index in [1.54, 1.807) is 0 Å². The molecule has 2 aliphatic heterocycles. The van der Waals surface area contributed by atoms with Gasteiger partial charge in [-0.3, -0.25) is 28.7 Å². The Morgan fingerprint density at radius 3 is 1.38 bits per heavy atom. The smallest absolute Gasteiger partial charge is 0.354 e. The standard InChI is InChI=1S/C13H18O9.2C9H20N4OSi2.C8H12N4O5.C6H19NSi2.C3H4N4O/c1-6(14)18-5-10-11(19-7(2)15)12(20-8(3)16)13(22-10)21-9(4)17;2*1-15(2,3)13-8-10-7-11-9(12-8)14-16(4,5)6;9-7-10-2-12(8(16)11-7)6-5(15)4(14)3(1-13)17-6;1-8(2,3)7-9(4,5)6;4-2-5-1-6-3(8)7-2/h10-13H,5H2,1-4H3;2*7H,1-6H3,(H,10,11,12,13);2-6,13-15H,1H2,(H2,9,11,16);7H,1-6H3;1H,(H3,4,5,6,7,8)/t10-,11+,12?,13+;;;3-,4+,5?,6-;;/m1..1../s1. The zero-order chi connectivity index (χ0) is 67.9. The van der Waals surface area contributed by atoms with Crippen molar-refractivity contribution in [3.8, 4) is 12.0 Å². The summed E-state index contributed by atoms with van der Waals surface area (Å²) in [7, 11) is -8.11. The molecule has 4 aromatic rings. The zero-order valence-corrected chi connectivity index (χ0v) is 60.5. The van der Waals surface area contributed by atoms with Crippen LogP contribution >= 0.6 is 0 Å². The minimum atomic E-state index is -1.65. The topological polar surface area (TPSA) is 475 Å². The number of hydrogen-bond donors (Lipinski definition) is 9. The number of rotatable bonds is 17. The van der Waals surface area contributed by atoms with Gasteiger partial charge in [0.1, 0.15) is 89.3 Å². The molecule has 40 heteroatoms. The number of nitrogens with two attached hydrogens (primary N) is 2. The van der Waals surface area contributed by atoms with Crippen molar-refractivity contribution < 1.29 is 71.8 Å². The Bertz CT molecular complexity index is 2810. The summed E-state index contributed by atoms with van der Waals surface area (Å²) in [6.07, 6.45) is -3.99. The molecule has 0 amide bonds. The number of aliphatic hydroxyl groups excluding tert-OH is 3. The Morgan fingerprint density at radius 1 is 0.580 bits per heavy atom. The van der Waals surface area contributed by atoms with Crippen molar-refractivity contribution in [3.63, 3.8) is 0 Å². The van der Waals surface area contributed by atoms with Gasteiger partial charge in [-0.25, -0.2) is 29.5 Å². The summed E-state index contributed by atoms with van der Waals surface area (Å²) in [6.45, 7) is 43.8. The highest BCUT2D eigenvalue weighted by Gasteiger charge is 2.51. The molecule has 0 radical (unpaired) electrons. The molecule has 4 aromatic heterocycles. The molecule has 0 aromatic carbocycles. The van der Waals surface area contributed by atoms with Crippen LogP contribution in [0, 0.1) is 0 Å². The van der Waals surface area contributed by atoms with Crippen LogP contribution in [0.2, 0.25) is 118 Å². The number of aliphatic hydroxyl groups is 3. The number of anilines is 4. The van der Waals surface area contributed by atoms with Crippen molar-refractivity contribution in [1.29, 1.82) is 0 Å². The predicted octanol–water partition coefficient (Wildman–Crippen LogP) is 2.19. The third-order valence-corrected chi connectivity index (χ3v) is 18.9. The van der Waals surface area contributed by atoms with Gasteiger partial charge >= 0.3 is 47.3 Å². The van der Waals surface area contributed by atoms with Crippen LogP contribution in [-0.4, -0.2) is 204 Å². The number of carbonyl (C=O) groups is 4. The molecule has 0 spiro atoms. The molecule has 34 nitrogen and oxygen atoms in total. The van der Waals surface area contributed by atoms with E-state index in [1.165, 1.54) is 19.6 Å². The van der Waals surface area contributed by atoms with Crippen molar-refractivity contribution >= 4 is 97.2 Å². The number of H-pyrrole nitrogens is 1. The minimum Gasteiger partial charge on any atom is -0.518 e. The van der Waals surface area contributed by atoms with Crippen LogP contribution in [0.1, 0.15) is 33.9 Å². The number of nitrogens with zero attached hydrogens (tertiary/aromatic N) is 11. The monoisotopic (exact) mass is 1350 g/mol.